The Balaban J connectivity index is 1.70. The second kappa shape index (κ2) is 8.43. The van der Waals surface area contributed by atoms with E-state index in [4.69, 9.17) is 0 Å². The number of nitrogens with zero attached hydrogens (tertiary/aromatic N) is 3. The molecule has 3 aromatic rings. The minimum absolute atomic E-state index is 0.0397. The number of amides is 3. The highest BCUT2D eigenvalue weighted by molar-refractivity contribution is 6.23. The van der Waals surface area contributed by atoms with E-state index < -0.39 is 35.4 Å². The van der Waals surface area contributed by atoms with Crippen LogP contribution >= 0.6 is 0 Å². The Morgan fingerprint density at radius 2 is 1.77 bits per heavy atom. The number of rotatable bonds is 5. The molecule has 1 fully saturated rings. The third-order valence-corrected chi connectivity index (χ3v) is 5.02. The highest BCUT2D eigenvalue weighted by atomic mass is 19.1. The number of carbonyl (C=O) groups is 3. The van der Waals surface area contributed by atoms with Crippen LogP contribution in [0.15, 0.2) is 73.1 Å². The number of hydrogen-bond donors (Lipinski definition) is 0. The Labute approximate surface area is 176 Å². The summed E-state index contributed by atoms with van der Waals surface area (Å²) >= 11 is 0. The Hall–Kier alpha value is -3.94. The van der Waals surface area contributed by atoms with Crippen LogP contribution in [0.5, 0.6) is 0 Å². The van der Waals surface area contributed by atoms with Gasteiger partial charge in [0.2, 0.25) is 5.91 Å². The van der Waals surface area contributed by atoms with Crippen molar-refractivity contribution >= 4 is 23.4 Å². The summed E-state index contributed by atoms with van der Waals surface area (Å²) in [6, 6.07) is 12.6. The molecule has 1 aliphatic heterocycles. The monoisotopic (exact) mass is 421 g/mol. The average Bonchev–Trinajstić information content (AvgIpc) is 3.07. The molecule has 2 aromatic carbocycles. The van der Waals surface area contributed by atoms with Gasteiger partial charge in [-0.1, -0.05) is 18.2 Å². The van der Waals surface area contributed by atoms with Crippen LogP contribution in [0.4, 0.5) is 14.5 Å². The van der Waals surface area contributed by atoms with Gasteiger partial charge < -0.3 is 4.90 Å². The molecule has 1 saturated heterocycles. The lowest BCUT2D eigenvalue weighted by atomic mass is 10.1. The van der Waals surface area contributed by atoms with Crippen LogP contribution in [-0.4, -0.2) is 33.6 Å². The number of hydrogen-bond acceptors (Lipinski definition) is 4. The summed E-state index contributed by atoms with van der Waals surface area (Å²) < 4.78 is 27.6. The van der Waals surface area contributed by atoms with E-state index in [0.29, 0.717) is 5.56 Å². The van der Waals surface area contributed by atoms with Gasteiger partial charge in [-0.25, -0.2) is 13.7 Å². The van der Waals surface area contributed by atoms with Crippen LogP contribution in [0.3, 0.4) is 0 Å². The molecule has 31 heavy (non-hydrogen) atoms. The van der Waals surface area contributed by atoms with Crippen LogP contribution in [0.2, 0.25) is 0 Å². The summed E-state index contributed by atoms with van der Waals surface area (Å²) in [6.07, 6.45) is 2.82. The third-order valence-electron chi connectivity index (χ3n) is 5.02. The molecule has 1 aromatic heterocycles. The van der Waals surface area contributed by atoms with E-state index in [2.05, 4.69) is 4.98 Å². The van der Waals surface area contributed by atoms with Crippen molar-refractivity contribution in [1.82, 2.24) is 9.88 Å². The zero-order valence-electron chi connectivity index (χ0n) is 16.2. The molecule has 6 nitrogen and oxygen atoms in total. The first-order chi connectivity index (χ1) is 15.0. The van der Waals surface area contributed by atoms with E-state index in [1.165, 1.54) is 41.4 Å². The summed E-state index contributed by atoms with van der Waals surface area (Å²) in [4.78, 5) is 45.2. The third kappa shape index (κ3) is 4.05. The summed E-state index contributed by atoms with van der Waals surface area (Å²) in [5.74, 6) is -3.11. The zero-order valence-corrected chi connectivity index (χ0v) is 16.2. The Morgan fingerprint density at radius 3 is 2.45 bits per heavy atom. The predicted molar refractivity (Wildman–Crippen MR) is 108 cm³/mol. The number of carbonyl (C=O) groups excluding carboxylic acids is 3. The maximum atomic E-state index is 14.3. The van der Waals surface area contributed by atoms with Crippen molar-refractivity contribution < 1.29 is 23.2 Å². The number of imide groups is 1. The molecule has 1 aliphatic rings. The van der Waals surface area contributed by atoms with Gasteiger partial charge in [-0.15, -0.1) is 0 Å². The molecule has 0 N–H and O–H groups in total. The molecule has 2 heterocycles. The molecular weight excluding hydrogens is 404 g/mol. The minimum atomic E-state index is -1.13. The number of anilines is 1. The van der Waals surface area contributed by atoms with Crippen LogP contribution in [-0.2, 0) is 16.1 Å². The lowest BCUT2D eigenvalue weighted by molar-refractivity contribution is -0.122. The first-order valence-corrected chi connectivity index (χ1v) is 9.52. The van der Waals surface area contributed by atoms with Gasteiger partial charge in [0, 0.05) is 18.9 Å². The molecule has 0 aliphatic carbocycles. The Morgan fingerprint density at radius 1 is 1.03 bits per heavy atom. The lowest BCUT2D eigenvalue weighted by Gasteiger charge is -2.28. The van der Waals surface area contributed by atoms with Crippen molar-refractivity contribution in [2.24, 2.45) is 0 Å². The van der Waals surface area contributed by atoms with E-state index in [9.17, 15) is 23.2 Å². The molecule has 8 heteroatoms. The highest BCUT2D eigenvalue weighted by Gasteiger charge is 2.44. The summed E-state index contributed by atoms with van der Waals surface area (Å²) in [7, 11) is 0. The number of pyridine rings is 1. The average molecular weight is 421 g/mol. The standard InChI is InChI=1S/C23H17F2N3O3/c24-16-7-9-17(10-8-16)28-21(29)12-20(23(28)31)27(14-15-4-3-11-26-13-15)22(30)18-5-1-2-6-19(18)25/h1-11,13,20H,12,14H2. The minimum Gasteiger partial charge on any atom is -0.322 e. The fourth-order valence-electron chi connectivity index (χ4n) is 3.52. The molecule has 3 amide bonds. The zero-order chi connectivity index (χ0) is 22.0. The van der Waals surface area contributed by atoms with Crippen molar-refractivity contribution in [1.29, 1.82) is 0 Å². The van der Waals surface area contributed by atoms with Gasteiger partial charge in [0.1, 0.15) is 17.7 Å². The van der Waals surface area contributed by atoms with E-state index in [-0.39, 0.29) is 24.2 Å². The summed E-state index contributed by atoms with van der Waals surface area (Å²) in [5.41, 5.74) is 0.623. The second-order valence-electron chi connectivity index (χ2n) is 7.04. The maximum absolute atomic E-state index is 14.3. The van der Waals surface area contributed by atoms with Crippen LogP contribution in [0, 0.1) is 11.6 Å². The van der Waals surface area contributed by atoms with Crippen molar-refractivity contribution in [3.8, 4) is 0 Å². The van der Waals surface area contributed by atoms with Crippen LogP contribution in [0.1, 0.15) is 22.3 Å². The first-order valence-electron chi connectivity index (χ1n) is 9.52. The summed E-state index contributed by atoms with van der Waals surface area (Å²) in [6.45, 7) is -0.0397. The smallest absolute Gasteiger partial charge is 0.257 e. The molecule has 0 radical (unpaired) electrons. The van der Waals surface area contributed by atoms with Gasteiger partial charge in [-0.05, 0) is 48.0 Å². The molecule has 0 bridgehead atoms. The fraction of sp³-hybridized carbons (Fsp3) is 0.130. The van der Waals surface area contributed by atoms with Gasteiger partial charge >= 0.3 is 0 Å². The van der Waals surface area contributed by atoms with Gasteiger partial charge in [0.05, 0.1) is 17.7 Å². The van der Waals surface area contributed by atoms with E-state index >= 15 is 0 Å². The van der Waals surface area contributed by atoms with Crippen molar-refractivity contribution in [3.05, 3.63) is 95.8 Å². The number of halogens is 2. The largest absolute Gasteiger partial charge is 0.322 e. The quantitative estimate of drug-likeness (QED) is 0.593. The number of aromatic nitrogens is 1. The van der Waals surface area contributed by atoms with Gasteiger partial charge in [-0.2, -0.15) is 0 Å². The van der Waals surface area contributed by atoms with E-state index in [1.54, 1.807) is 18.3 Å². The predicted octanol–water partition coefficient (Wildman–Crippen LogP) is 3.33. The molecule has 0 saturated carbocycles. The Bertz CT molecular complexity index is 1140. The molecule has 1 atom stereocenters. The number of benzene rings is 2. The van der Waals surface area contributed by atoms with Crippen LogP contribution < -0.4 is 4.90 Å². The SMILES string of the molecule is O=C1CC(N(Cc2cccnc2)C(=O)c2ccccc2F)C(=O)N1c1ccc(F)cc1. The van der Waals surface area contributed by atoms with Crippen molar-refractivity contribution in [2.45, 2.75) is 19.0 Å². The second-order valence-corrected chi connectivity index (χ2v) is 7.04. The Kier molecular flexibility index (Phi) is 5.53. The van der Waals surface area contributed by atoms with Gasteiger partial charge in [-0.3, -0.25) is 19.4 Å². The lowest BCUT2D eigenvalue weighted by Crippen LogP contribution is -2.45. The summed E-state index contributed by atoms with van der Waals surface area (Å²) in [5, 5.41) is 0. The molecule has 1 unspecified atom stereocenters. The molecule has 0 spiro atoms. The van der Waals surface area contributed by atoms with Gasteiger partial charge in [0.25, 0.3) is 11.8 Å². The maximum Gasteiger partial charge on any atom is 0.257 e. The molecule has 4 rings (SSSR count). The fourth-order valence-corrected chi connectivity index (χ4v) is 3.52. The molecular formula is C23H17F2N3O3. The highest BCUT2D eigenvalue weighted by Crippen LogP contribution is 2.28. The normalized spacial score (nSPS) is 15.9. The van der Waals surface area contributed by atoms with E-state index in [1.807, 2.05) is 0 Å². The first kappa shape index (κ1) is 20.3. The molecule has 156 valence electrons. The van der Waals surface area contributed by atoms with Crippen LogP contribution in [0.25, 0.3) is 0 Å². The van der Waals surface area contributed by atoms with Crippen molar-refractivity contribution in [2.75, 3.05) is 4.90 Å². The topological polar surface area (TPSA) is 70.6 Å². The van der Waals surface area contributed by atoms with E-state index in [0.717, 1.165) is 23.1 Å². The van der Waals surface area contributed by atoms with Gasteiger partial charge in [0.15, 0.2) is 0 Å². The van der Waals surface area contributed by atoms with Crippen molar-refractivity contribution in [3.63, 3.8) is 0 Å².